The molecule has 0 spiro atoms. The first-order valence-electron chi connectivity index (χ1n) is 8.14. The standard InChI is InChI=1S/C16H28N2O3/c1-13-11-18(12-14(2)21-13)9-5-4-8-17-16(19)15-7-3-6-10-20-15/h7,13-14H,3-6,8-12H2,1-2H3,(H,17,19)/t13-,14-/m0/s1. The lowest BCUT2D eigenvalue weighted by Gasteiger charge is -2.35. The summed E-state index contributed by atoms with van der Waals surface area (Å²) in [5.41, 5.74) is 0. The summed E-state index contributed by atoms with van der Waals surface area (Å²) in [5.74, 6) is 0.431. The van der Waals surface area contributed by atoms with E-state index in [9.17, 15) is 4.79 Å². The van der Waals surface area contributed by atoms with Gasteiger partial charge in [0, 0.05) is 19.6 Å². The maximum absolute atomic E-state index is 11.8. The van der Waals surface area contributed by atoms with Crippen LogP contribution in [0, 0.1) is 0 Å². The lowest BCUT2D eigenvalue weighted by atomic mass is 10.2. The van der Waals surface area contributed by atoms with E-state index >= 15 is 0 Å². The van der Waals surface area contributed by atoms with Crippen molar-refractivity contribution in [2.24, 2.45) is 0 Å². The van der Waals surface area contributed by atoms with Gasteiger partial charge in [-0.1, -0.05) is 0 Å². The van der Waals surface area contributed by atoms with Crippen LogP contribution in [-0.4, -0.2) is 55.8 Å². The molecule has 2 heterocycles. The maximum Gasteiger partial charge on any atom is 0.286 e. The van der Waals surface area contributed by atoms with Crippen LogP contribution in [0.4, 0.5) is 0 Å². The van der Waals surface area contributed by atoms with E-state index in [4.69, 9.17) is 9.47 Å². The molecule has 21 heavy (non-hydrogen) atoms. The molecule has 5 heteroatoms. The van der Waals surface area contributed by atoms with E-state index in [2.05, 4.69) is 24.1 Å². The monoisotopic (exact) mass is 296 g/mol. The van der Waals surface area contributed by atoms with Gasteiger partial charge in [0.2, 0.25) is 0 Å². The fourth-order valence-corrected chi connectivity index (χ4v) is 2.93. The molecule has 1 saturated heterocycles. The molecule has 0 aromatic carbocycles. The Bertz CT molecular complexity index is 361. The summed E-state index contributed by atoms with van der Waals surface area (Å²) in [6.45, 7) is 8.73. The smallest absolute Gasteiger partial charge is 0.286 e. The Morgan fingerprint density at radius 2 is 2.10 bits per heavy atom. The summed E-state index contributed by atoms with van der Waals surface area (Å²) in [6, 6.07) is 0. The Morgan fingerprint density at radius 3 is 2.76 bits per heavy atom. The van der Waals surface area contributed by atoms with E-state index in [0.717, 1.165) is 51.9 Å². The van der Waals surface area contributed by atoms with E-state index in [1.807, 2.05) is 6.08 Å². The molecular weight excluding hydrogens is 268 g/mol. The van der Waals surface area contributed by atoms with Gasteiger partial charge in [-0.15, -0.1) is 0 Å². The number of nitrogens with one attached hydrogen (secondary N) is 1. The average molecular weight is 296 g/mol. The fourth-order valence-electron chi connectivity index (χ4n) is 2.93. The SMILES string of the molecule is C[C@H]1CN(CCCCNC(=O)C2=CCCCO2)C[C@H](C)O1. The lowest BCUT2D eigenvalue weighted by molar-refractivity contribution is -0.121. The van der Waals surface area contributed by atoms with Crippen molar-refractivity contribution in [1.82, 2.24) is 10.2 Å². The summed E-state index contributed by atoms with van der Waals surface area (Å²) >= 11 is 0. The molecule has 0 radical (unpaired) electrons. The highest BCUT2D eigenvalue weighted by molar-refractivity contribution is 5.91. The van der Waals surface area contributed by atoms with Gasteiger partial charge in [-0.2, -0.15) is 0 Å². The molecule has 2 rings (SSSR count). The molecular formula is C16H28N2O3. The molecule has 1 fully saturated rings. The van der Waals surface area contributed by atoms with Crippen LogP contribution in [0.15, 0.2) is 11.8 Å². The van der Waals surface area contributed by atoms with Crippen LogP contribution in [0.5, 0.6) is 0 Å². The fraction of sp³-hybridized carbons (Fsp3) is 0.812. The first-order chi connectivity index (χ1) is 10.1. The van der Waals surface area contributed by atoms with Crippen molar-refractivity contribution in [1.29, 1.82) is 0 Å². The van der Waals surface area contributed by atoms with E-state index < -0.39 is 0 Å². The topological polar surface area (TPSA) is 50.8 Å². The predicted molar refractivity (Wildman–Crippen MR) is 82.0 cm³/mol. The van der Waals surface area contributed by atoms with Crippen LogP contribution in [0.2, 0.25) is 0 Å². The van der Waals surface area contributed by atoms with Gasteiger partial charge in [-0.3, -0.25) is 9.69 Å². The van der Waals surface area contributed by atoms with Crippen molar-refractivity contribution >= 4 is 5.91 Å². The molecule has 0 unspecified atom stereocenters. The van der Waals surface area contributed by atoms with Crippen LogP contribution < -0.4 is 5.32 Å². The zero-order chi connectivity index (χ0) is 15.1. The Hall–Kier alpha value is -1.07. The number of allylic oxidation sites excluding steroid dienone is 1. The number of amides is 1. The molecule has 5 nitrogen and oxygen atoms in total. The minimum absolute atomic E-state index is 0.0664. The van der Waals surface area contributed by atoms with Gasteiger partial charge >= 0.3 is 0 Å². The van der Waals surface area contributed by atoms with Crippen molar-refractivity contribution in [2.45, 2.75) is 51.7 Å². The van der Waals surface area contributed by atoms with Crippen molar-refractivity contribution in [3.8, 4) is 0 Å². The third kappa shape index (κ3) is 5.67. The van der Waals surface area contributed by atoms with Crippen LogP contribution in [0.1, 0.15) is 39.5 Å². The summed E-state index contributed by atoms with van der Waals surface area (Å²) < 4.78 is 11.1. The third-order valence-corrected chi connectivity index (χ3v) is 3.84. The molecule has 0 aliphatic carbocycles. The molecule has 1 N–H and O–H groups in total. The van der Waals surface area contributed by atoms with Gasteiger partial charge in [-0.25, -0.2) is 0 Å². The molecule has 0 aromatic rings. The van der Waals surface area contributed by atoms with E-state index in [-0.39, 0.29) is 5.91 Å². The molecule has 120 valence electrons. The van der Waals surface area contributed by atoms with Gasteiger partial charge < -0.3 is 14.8 Å². The normalized spacial score (nSPS) is 26.9. The van der Waals surface area contributed by atoms with E-state index in [1.54, 1.807) is 0 Å². The van der Waals surface area contributed by atoms with E-state index in [1.165, 1.54) is 0 Å². The third-order valence-electron chi connectivity index (χ3n) is 3.84. The summed E-state index contributed by atoms with van der Waals surface area (Å²) in [6.07, 6.45) is 6.57. The number of ether oxygens (including phenoxy) is 2. The number of hydrogen-bond acceptors (Lipinski definition) is 4. The van der Waals surface area contributed by atoms with Crippen molar-refractivity contribution in [2.75, 3.05) is 32.8 Å². The Balaban J connectivity index is 1.55. The molecule has 0 bridgehead atoms. The highest BCUT2D eigenvalue weighted by Gasteiger charge is 2.21. The lowest BCUT2D eigenvalue weighted by Crippen LogP contribution is -2.45. The Kier molecular flexibility index (Phi) is 6.51. The van der Waals surface area contributed by atoms with Crippen LogP contribution in [0.3, 0.4) is 0 Å². The molecule has 0 aromatic heterocycles. The number of rotatable bonds is 6. The first kappa shape index (κ1) is 16.3. The van der Waals surface area contributed by atoms with Crippen molar-refractivity contribution < 1.29 is 14.3 Å². The first-order valence-corrected chi connectivity index (χ1v) is 8.14. The summed E-state index contributed by atoms with van der Waals surface area (Å²) in [7, 11) is 0. The highest BCUT2D eigenvalue weighted by Crippen LogP contribution is 2.11. The van der Waals surface area contributed by atoms with Crippen LogP contribution >= 0.6 is 0 Å². The summed E-state index contributed by atoms with van der Waals surface area (Å²) in [4.78, 5) is 14.3. The van der Waals surface area contributed by atoms with Crippen LogP contribution in [-0.2, 0) is 14.3 Å². The van der Waals surface area contributed by atoms with Crippen molar-refractivity contribution in [3.05, 3.63) is 11.8 Å². The average Bonchev–Trinajstić information content (AvgIpc) is 2.46. The number of morpholine rings is 1. The molecule has 2 aliphatic heterocycles. The zero-order valence-electron chi connectivity index (χ0n) is 13.3. The Morgan fingerprint density at radius 1 is 1.33 bits per heavy atom. The van der Waals surface area contributed by atoms with E-state index in [0.29, 0.717) is 24.6 Å². The minimum Gasteiger partial charge on any atom is -0.488 e. The van der Waals surface area contributed by atoms with Gasteiger partial charge in [0.1, 0.15) is 0 Å². The number of carbonyl (C=O) groups is 1. The second-order valence-electron chi connectivity index (χ2n) is 6.04. The number of unbranched alkanes of at least 4 members (excludes halogenated alkanes) is 1. The highest BCUT2D eigenvalue weighted by atomic mass is 16.5. The van der Waals surface area contributed by atoms with Gasteiger partial charge in [0.25, 0.3) is 5.91 Å². The Labute approximate surface area is 127 Å². The van der Waals surface area contributed by atoms with Gasteiger partial charge in [0.05, 0.1) is 18.8 Å². The second kappa shape index (κ2) is 8.39. The molecule has 0 saturated carbocycles. The van der Waals surface area contributed by atoms with Crippen molar-refractivity contribution in [3.63, 3.8) is 0 Å². The van der Waals surface area contributed by atoms with Crippen LogP contribution in [0.25, 0.3) is 0 Å². The number of nitrogens with zero attached hydrogens (tertiary/aromatic N) is 1. The van der Waals surface area contributed by atoms with Gasteiger partial charge in [-0.05, 0) is 52.2 Å². The second-order valence-corrected chi connectivity index (χ2v) is 6.04. The molecule has 2 aliphatic rings. The minimum atomic E-state index is -0.0664. The quantitative estimate of drug-likeness (QED) is 0.758. The zero-order valence-corrected chi connectivity index (χ0v) is 13.3. The predicted octanol–water partition coefficient (Wildman–Crippen LogP) is 1.69. The maximum atomic E-state index is 11.8. The number of hydrogen-bond donors (Lipinski definition) is 1. The van der Waals surface area contributed by atoms with Gasteiger partial charge in [0.15, 0.2) is 5.76 Å². The molecule has 1 amide bonds. The number of carbonyl (C=O) groups excluding carboxylic acids is 1. The summed E-state index contributed by atoms with van der Waals surface area (Å²) in [5, 5.41) is 2.93. The largest absolute Gasteiger partial charge is 0.488 e. The molecule has 2 atom stereocenters.